The van der Waals surface area contributed by atoms with E-state index in [1.54, 1.807) is 14.2 Å². The van der Waals surface area contributed by atoms with Crippen molar-refractivity contribution in [1.82, 2.24) is 10.3 Å². The fraction of sp³-hybridized carbons (Fsp3) is 0.222. The Balaban J connectivity index is 1.59. The van der Waals surface area contributed by atoms with Crippen LogP contribution in [0.25, 0.3) is 10.9 Å². The van der Waals surface area contributed by atoms with Crippen LogP contribution in [0.4, 0.5) is 10.5 Å². The van der Waals surface area contributed by atoms with Crippen molar-refractivity contribution >= 4 is 22.6 Å². The molecule has 1 aromatic heterocycles. The number of carbonyl (C=O) groups is 1. The third-order valence-electron chi connectivity index (χ3n) is 5.89. The SMILES string of the molecule is CCc1ccc(NC(=O)NC[C@H](c2ccc(OC)c(OC)c2)c2c[nH]c3ccccc23)cc1. The van der Waals surface area contributed by atoms with E-state index in [1.165, 1.54) is 5.56 Å². The highest BCUT2D eigenvalue weighted by molar-refractivity contribution is 5.89. The van der Waals surface area contributed by atoms with E-state index in [9.17, 15) is 4.79 Å². The Morgan fingerprint density at radius 3 is 2.45 bits per heavy atom. The van der Waals surface area contributed by atoms with Crippen molar-refractivity contribution in [2.24, 2.45) is 0 Å². The van der Waals surface area contributed by atoms with Crippen molar-refractivity contribution in [1.29, 1.82) is 0 Å². The molecule has 0 aliphatic heterocycles. The summed E-state index contributed by atoms with van der Waals surface area (Å²) in [7, 11) is 3.24. The van der Waals surface area contributed by atoms with E-state index in [2.05, 4.69) is 28.6 Å². The molecule has 1 heterocycles. The number of methoxy groups -OCH3 is 2. The largest absolute Gasteiger partial charge is 0.493 e. The summed E-state index contributed by atoms with van der Waals surface area (Å²) in [5.74, 6) is 1.23. The number of rotatable bonds is 8. The quantitative estimate of drug-likeness (QED) is 0.327. The molecule has 4 rings (SSSR count). The van der Waals surface area contributed by atoms with Gasteiger partial charge in [0.15, 0.2) is 11.5 Å². The highest BCUT2D eigenvalue weighted by atomic mass is 16.5. The van der Waals surface area contributed by atoms with Crippen molar-refractivity contribution in [3.63, 3.8) is 0 Å². The second kappa shape index (κ2) is 10.1. The summed E-state index contributed by atoms with van der Waals surface area (Å²) < 4.78 is 10.9. The molecule has 2 amide bonds. The van der Waals surface area contributed by atoms with Gasteiger partial charge in [0.1, 0.15) is 0 Å². The third-order valence-corrected chi connectivity index (χ3v) is 5.89. The van der Waals surface area contributed by atoms with Crippen LogP contribution >= 0.6 is 0 Å². The summed E-state index contributed by atoms with van der Waals surface area (Å²) in [5.41, 5.74) is 5.17. The molecule has 6 nitrogen and oxygen atoms in total. The van der Waals surface area contributed by atoms with E-state index in [1.807, 2.05) is 66.9 Å². The molecule has 33 heavy (non-hydrogen) atoms. The van der Waals surface area contributed by atoms with Gasteiger partial charge in [0.05, 0.1) is 14.2 Å². The van der Waals surface area contributed by atoms with E-state index < -0.39 is 0 Å². The smallest absolute Gasteiger partial charge is 0.319 e. The molecule has 0 bridgehead atoms. The Hall–Kier alpha value is -3.93. The van der Waals surface area contributed by atoms with Crippen LogP contribution in [-0.2, 0) is 6.42 Å². The molecule has 6 heteroatoms. The lowest BCUT2D eigenvalue weighted by Gasteiger charge is -2.20. The molecule has 170 valence electrons. The summed E-state index contributed by atoms with van der Waals surface area (Å²) in [4.78, 5) is 16.0. The lowest BCUT2D eigenvalue weighted by atomic mass is 9.90. The van der Waals surface area contributed by atoms with Gasteiger partial charge in [-0.1, -0.05) is 43.3 Å². The van der Waals surface area contributed by atoms with E-state index in [4.69, 9.17) is 9.47 Å². The standard InChI is InChI=1S/C27H29N3O3/c1-4-18-9-12-20(13-10-18)30-27(31)29-16-22(19-11-14-25(32-2)26(15-19)33-3)23-17-28-24-8-6-5-7-21(23)24/h5-15,17,22,28H,4,16H2,1-3H3,(H2,29,30,31)/t22-/m1/s1. The first kappa shape index (κ1) is 22.3. The minimum Gasteiger partial charge on any atom is -0.493 e. The van der Waals surface area contributed by atoms with Gasteiger partial charge in [-0.15, -0.1) is 0 Å². The number of hydrogen-bond donors (Lipinski definition) is 3. The van der Waals surface area contributed by atoms with Crippen molar-refractivity contribution < 1.29 is 14.3 Å². The maximum absolute atomic E-state index is 12.7. The van der Waals surface area contributed by atoms with Crippen LogP contribution in [0.2, 0.25) is 0 Å². The number of benzene rings is 3. The Morgan fingerprint density at radius 1 is 0.970 bits per heavy atom. The molecule has 0 aliphatic rings. The van der Waals surface area contributed by atoms with Crippen LogP contribution in [-0.4, -0.2) is 31.8 Å². The van der Waals surface area contributed by atoms with Gasteiger partial charge in [-0.3, -0.25) is 0 Å². The van der Waals surface area contributed by atoms with Gasteiger partial charge < -0.3 is 25.1 Å². The summed E-state index contributed by atoms with van der Waals surface area (Å²) >= 11 is 0. The minimum absolute atomic E-state index is 0.0887. The molecule has 0 spiro atoms. The molecule has 0 saturated heterocycles. The second-order valence-electron chi connectivity index (χ2n) is 7.84. The molecule has 0 aliphatic carbocycles. The van der Waals surface area contributed by atoms with Crippen LogP contribution in [0.15, 0.2) is 72.9 Å². The molecule has 1 atom stereocenters. The first-order valence-corrected chi connectivity index (χ1v) is 11.0. The lowest BCUT2D eigenvalue weighted by Crippen LogP contribution is -2.32. The number of anilines is 1. The van der Waals surface area contributed by atoms with Crippen molar-refractivity contribution in [2.45, 2.75) is 19.3 Å². The van der Waals surface area contributed by atoms with Crippen LogP contribution in [0.5, 0.6) is 11.5 Å². The summed E-state index contributed by atoms with van der Waals surface area (Å²) in [6.45, 7) is 2.52. The molecular weight excluding hydrogens is 414 g/mol. The number of hydrogen-bond acceptors (Lipinski definition) is 3. The number of H-pyrrole nitrogens is 1. The van der Waals surface area contributed by atoms with Crippen LogP contribution < -0.4 is 20.1 Å². The molecule has 0 saturated carbocycles. The van der Waals surface area contributed by atoms with E-state index >= 15 is 0 Å². The lowest BCUT2D eigenvalue weighted by molar-refractivity contribution is 0.252. The normalized spacial score (nSPS) is 11.7. The van der Waals surface area contributed by atoms with Gasteiger partial charge in [0.25, 0.3) is 0 Å². The molecule has 3 aromatic carbocycles. The van der Waals surface area contributed by atoms with Crippen LogP contribution in [0.3, 0.4) is 0 Å². The van der Waals surface area contributed by atoms with Crippen molar-refractivity contribution in [2.75, 3.05) is 26.1 Å². The Labute approximate surface area is 193 Å². The van der Waals surface area contributed by atoms with Crippen LogP contribution in [0.1, 0.15) is 29.5 Å². The first-order chi connectivity index (χ1) is 16.1. The van der Waals surface area contributed by atoms with E-state index in [-0.39, 0.29) is 11.9 Å². The second-order valence-corrected chi connectivity index (χ2v) is 7.84. The number of para-hydroxylation sites is 1. The number of ether oxygens (including phenoxy) is 2. The fourth-order valence-corrected chi connectivity index (χ4v) is 4.05. The molecular formula is C27H29N3O3. The molecule has 0 unspecified atom stereocenters. The molecule has 0 fully saturated rings. The van der Waals surface area contributed by atoms with Crippen molar-refractivity contribution in [3.8, 4) is 11.5 Å². The van der Waals surface area contributed by atoms with Gasteiger partial charge in [-0.25, -0.2) is 4.79 Å². The molecule has 0 radical (unpaired) electrons. The van der Waals surface area contributed by atoms with Crippen LogP contribution in [0, 0.1) is 0 Å². The summed E-state index contributed by atoms with van der Waals surface area (Å²) in [5, 5.41) is 7.08. The average molecular weight is 444 g/mol. The Kier molecular flexibility index (Phi) is 6.83. The van der Waals surface area contributed by atoms with E-state index in [0.29, 0.717) is 18.0 Å². The van der Waals surface area contributed by atoms with Gasteiger partial charge in [-0.2, -0.15) is 0 Å². The number of aryl methyl sites for hydroxylation is 1. The zero-order valence-corrected chi connectivity index (χ0v) is 19.1. The first-order valence-electron chi connectivity index (χ1n) is 11.0. The van der Waals surface area contributed by atoms with E-state index in [0.717, 1.165) is 34.1 Å². The van der Waals surface area contributed by atoms with Gasteiger partial charge in [-0.05, 0) is 53.4 Å². The number of nitrogens with one attached hydrogen (secondary N) is 3. The number of amides is 2. The minimum atomic E-state index is -0.246. The zero-order chi connectivity index (χ0) is 23.2. The topological polar surface area (TPSA) is 75.4 Å². The van der Waals surface area contributed by atoms with Crippen molar-refractivity contribution in [3.05, 3.63) is 89.6 Å². The highest BCUT2D eigenvalue weighted by Crippen LogP contribution is 2.35. The van der Waals surface area contributed by atoms with Gasteiger partial charge in [0.2, 0.25) is 0 Å². The molecule has 3 N–H and O–H groups in total. The Morgan fingerprint density at radius 2 is 1.73 bits per heavy atom. The fourth-order valence-electron chi connectivity index (χ4n) is 4.05. The average Bonchev–Trinajstić information content (AvgIpc) is 3.28. The number of carbonyl (C=O) groups excluding carboxylic acids is 1. The highest BCUT2D eigenvalue weighted by Gasteiger charge is 2.21. The van der Waals surface area contributed by atoms with Gasteiger partial charge in [0, 0.05) is 35.2 Å². The summed E-state index contributed by atoms with van der Waals surface area (Å²) in [6, 6.07) is 21.7. The maximum Gasteiger partial charge on any atom is 0.319 e. The predicted octanol–water partition coefficient (Wildman–Crippen LogP) is 5.70. The number of urea groups is 1. The Bertz CT molecular complexity index is 1230. The monoisotopic (exact) mass is 443 g/mol. The number of aromatic amines is 1. The van der Waals surface area contributed by atoms with Gasteiger partial charge >= 0.3 is 6.03 Å². The maximum atomic E-state index is 12.7. The zero-order valence-electron chi connectivity index (χ0n) is 19.1. The number of fused-ring (bicyclic) bond motifs is 1. The third kappa shape index (κ3) is 4.95. The predicted molar refractivity (Wildman–Crippen MR) is 133 cm³/mol. The number of aromatic nitrogens is 1. The summed E-state index contributed by atoms with van der Waals surface area (Å²) in [6.07, 6.45) is 2.97. The molecule has 4 aromatic rings.